The van der Waals surface area contributed by atoms with E-state index in [1.165, 1.54) is 0 Å². The van der Waals surface area contributed by atoms with Gasteiger partial charge in [-0.05, 0) is 13.0 Å². The molecule has 74 valence electrons. The number of aromatic nitrogens is 3. The maximum Gasteiger partial charge on any atom is 0.152 e. The summed E-state index contributed by atoms with van der Waals surface area (Å²) in [5, 5.41) is 7.33. The molecule has 0 saturated heterocycles. The van der Waals surface area contributed by atoms with Crippen molar-refractivity contribution in [3.8, 4) is 0 Å². The molecule has 0 saturated carbocycles. The fraction of sp³-hybridized carbons (Fsp3) is 0.333. The summed E-state index contributed by atoms with van der Waals surface area (Å²) in [6.07, 6.45) is 5.27. The zero-order chi connectivity index (χ0) is 9.97. The SMILES string of the molecule is CC(CCl)Nc1nccn2nccc12. The number of alkyl halides is 1. The van der Waals surface area contributed by atoms with Crippen LogP contribution in [0.15, 0.2) is 24.7 Å². The quantitative estimate of drug-likeness (QED) is 0.786. The summed E-state index contributed by atoms with van der Waals surface area (Å²) in [6.45, 7) is 2.01. The van der Waals surface area contributed by atoms with E-state index in [0.717, 1.165) is 11.3 Å². The van der Waals surface area contributed by atoms with Crippen LogP contribution in [0.1, 0.15) is 6.92 Å². The predicted molar refractivity (Wildman–Crippen MR) is 56.8 cm³/mol. The average molecular weight is 211 g/mol. The topological polar surface area (TPSA) is 42.2 Å². The van der Waals surface area contributed by atoms with E-state index in [2.05, 4.69) is 15.4 Å². The number of nitrogens with zero attached hydrogens (tertiary/aromatic N) is 3. The second-order valence-corrected chi connectivity index (χ2v) is 3.45. The Labute approximate surface area is 86.9 Å². The van der Waals surface area contributed by atoms with Gasteiger partial charge < -0.3 is 5.32 Å². The Hall–Kier alpha value is -1.29. The summed E-state index contributed by atoms with van der Waals surface area (Å²) in [6, 6.07) is 2.11. The van der Waals surface area contributed by atoms with Crippen molar-refractivity contribution in [1.82, 2.24) is 14.6 Å². The third kappa shape index (κ3) is 1.65. The van der Waals surface area contributed by atoms with E-state index in [0.29, 0.717) is 5.88 Å². The van der Waals surface area contributed by atoms with Crippen LogP contribution in [-0.2, 0) is 0 Å². The van der Waals surface area contributed by atoms with Crippen LogP contribution in [0.25, 0.3) is 5.52 Å². The maximum atomic E-state index is 5.71. The molecule has 2 aromatic rings. The summed E-state index contributed by atoms with van der Waals surface area (Å²) >= 11 is 5.71. The van der Waals surface area contributed by atoms with Crippen molar-refractivity contribution in [2.45, 2.75) is 13.0 Å². The van der Waals surface area contributed by atoms with Crippen LogP contribution >= 0.6 is 11.6 Å². The minimum absolute atomic E-state index is 0.199. The van der Waals surface area contributed by atoms with Crippen LogP contribution in [0.5, 0.6) is 0 Å². The lowest BCUT2D eigenvalue weighted by atomic mass is 10.3. The molecular formula is C9H11ClN4. The van der Waals surface area contributed by atoms with Crippen LogP contribution < -0.4 is 5.32 Å². The number of rotatable bonds is 3. The van der Waals surface area contributed by atoms with Crippen LogP contribution in [0.2, 0.25) is 0 Å². The smallest absolute Gasteiger partial charge is 0.152 e. The molecule has 0 amide bonds. The van der Waals surface area contributed by atoms with E-state index in [-0.39, 0.29) is 6.04 Å². The van der Waals surface area contributed by atoms with Crippen molar-refractivity contribution in [1.29, 1.82) is 0 Å². The van der Waals surface area contributed by atoms with Crippen molar-refractivity contribution < 1.29 is 0 Å². The highest BCUT2D eigenvalue weighted by atomic mass is 35.5. The summed E-state index contributed by atoms with van der Waals surface area (Å²) in [7, 11) is 0. The zero-order valence-electron chi connectivity index (χ0n) is 7.81. The van der Waals surface area contributed by atoms with Gasteiger partial charge in [0.25, 0.3) is 0 Å². The first-order valence-corrected chi connectivity index (χ1v) is 4.95. The molecule has 0 aliphatic heterocycles. The molecule has 0 bridgehead atoms. The lowest BCUT2D eigenvalue weighted by Gasteiger charge is -2.11. The lowest BCUT2D eigenvalue weighted by Crippen LogP contribution is -2.17. The van der Waals surface area contributed by atoms with Gasteiger partial charge in [0.1, 0.15) is 5.52 Å². The molecule has 0 spiro atoms. The van der Waals surface area contributed by atoms with E-state index < -0.39 is 0 Å². The largest absolute Gasteiger partial charge is 0.365 e. The molecule has 1 atom stereocenters. The molecule has 4 nitrogen and oxygen atoms in total. The molecule has 5 heteroatoms. The van der Waals surface area contributed by atoms with Gasteiger partial charge in [-0.2, -0.15) is 5.10 Å². The first-order valence-electron chi connectivity index (χ1n) is 4.42. The first kappa shape index (κ1) is 9.27. The van der Waals surface area contributed by atoms with Gasteiger partial charge in [-0.1, -0.05) is 0 Å². The molecular weight excluding hydrogens is 200 g/mol. The second kappa shape index (κ2) is 3.84. The number of anilines is 1. The molecule has 0 aliphatic rings. The number of fused-ring (bicyclic) bond motifs is 1. The highest BCUT2D eigenvalue weighted by Crippen LogP contribution is 2.13. The lowest BCUT2D eigenvalue weighted by molar-refractivity contribution is 0.885. The Bertz CT molecular complexity index is 425. The number of halogens is 1. The first-order chi connectivity index (χ1) is 6.81. The Kier molecular flexibility index (Phi) is 2.54. The van der Waals surface area contributed by atoms with E-state index >= 15 is 0 Å². The van der Waals surface area contributed by atoms with E-state index in [9.17, 15) is 0 Å². The Morgan fingerprint density at radius 3 is 3.21 bits per heavy atom. The number of hydrogen-bond acceptors (Lipinski definition) is 3. The highest BCUT2D eigenvalue weighted by molar-refractivity contribution is 6.18. The van der Waals surface area contributed by atoms with Gasteiger partial charge in [0.05, 0.1) is 6.20 Å². The van der Waals surface area contributed by atoms with Crippen molar-refractivity contribution in [2.24, 2.45) is 0 Å². The van der Waals surface area contributed by atoms with Crippen LogP contribution in [0.3, 0.4) is 0 Å². The standard InChI is InChI=1S/C9H11ClN4/c1-7(6-10)13-9-8-2-3-12-14(8)5-4-11-9/h2-5,7H,6H2,1H3,(H,11,13). The minimum Gasteiger partial charge on any atom is -0.365 e. The third-order valence-corrected chi connectivity index (χ3v) is 2.40. The van der Waals surface area contributed by atoms with Crippen LogP contribution in [-0.4, -0.2) is 26.5 Å². The third-order valence-electron chi connectivity index (χ3n) is 1.94. The summed E-state index contributed by atoms with van der Waals surface area (Å²) in [5.74, 6) is 1.37. The van der Waals surface area contributed by atoms with E-state index in [1.807, 2.05) is 19.2 Å². The van der Waals surface area contributed by atoms with Gasteiger partial charge in [-0.3, -0.25) is 0 Å². The average Bonchev–Trinajstić information content (AvgIpc) is 2.66. The molecule has 2 aromatic heterocycles. The summed E-state index contributed by atoms with van der Waals surface area (Å²) in [4.78, 5) is 4.24. The van der Waals surface area contributed by atoms with Gasteiger partial charge in [-0.25, -0.2) is 9.50 Å². The fourth-order valence-corrected chi connectivity index (χ4v) is 1.32. The van der Waals surface area contributed by atoms with E-state index in [4.69, 9.17) is 11.6 Å². The number of hydrogen-bond donors (Lipinski definition) is 1. The van der Waals surface area contributed by atoms with Gasteiger partial charge in [0.2, 0.25) is 0 Å². The molecule has 0 radical (unpaired) electrons. The van der Waals surface area contributed by atoms with Crippen molar-refractivity contribution in [3.05, 3.63) is 24.7 Å². The zero-order valence-corrected chi connectivity index (χ0v) is 8.57. The molecule has 0 fully saturated rings. The maximum absolute atomic E-state index is 5.71. The normalized spacial score (nSPS) is 13.0. The van der Waals surface area contributed by atoms with Gasteiger partial charge in [0.15, 0.2) is 5.82 Å². The molecule has 1 unspecified atom stereocenters. The van der Waals surface area contributed by atoms with Crippen LogP contribution in [0, 0.1) is 0 Å². The predicted octanol–water partition coefficient (Wildman–Crippen LogP) is 1.77. The van der Waals surface area contributed by atoms with Crippen molar-refractivity contribution in [3.63, 3.8) is 0 Å². The Balaban J connectivity index is 2.36. The second-order valence-electron chi connectivity index (χ2n) is 3.14. The molecule has 0 aromatic carbocycles. The molecule has 2 rings (SSSR count). The van der Waals surface area contributed by atoms with Crippen LogP contribution in [0.4, 0.5) is 5.82 Å². The Morgan fingerprint density at radius 1 is 1.57 bits per heavy atom. The van der Waals surface area contributed by atoms with Gasteiger partial charge in [-0.15, -0.1) is 11.6 Å². The molecule has 1 N–H and O–H groups in total. The highest BCUT2D eigenvalue weighted by Gasteiger charge is 2.05. The molecule has 14 heavy (non-hydrogen) atoms. The minimum atomic E-state index is 0.199. The van der Waals surface area contributed by atoms with Crippen molar-refractivity contribution in [2.75, 3.05) is 11.2 Å². The van der Waals surface area contributed by atoms with E-state index in [1.54, 1.807) is 16.9 Å². The summed E-state index contributed by atoms with van der Waals surface area (Å²) < 4.78 is 1.77. The molecule has 2 heterocycles. The molecule has 0 aliphatic carbocycles. The summed E-state index contributed by atoms with van der Waals surface area (Å²) in [5.41, 5.74) is 0.962. The monoisotopic (exact) mass is 210 g/mol. The van der Waals surface area contributed by atoms with Gasteiger partial charge >= 0.3 is 0 Å². The van der Waals surface area contributed by atoms with Gasteiger partial charge in [0, 0.05) is 24.3 Å². The fourth-order valence-electron chi connectivity index (χ4n) is 1.24. The Morgan fingerprint density at radius 2 is 2.43 bits per heavy atom. The number of nitrogens with one attached hydrogen (secondary N) is 1. The van der Waals surface area contributed by atoms with Crippen molar-refractivity contribution >= 4 is 22.9 Å².